The summed E-state index contributed by atoms with van der Waals surface area (Å²) in [5.41, 5.74) is 3.13. The van der Waals surface area contributed by atoms with Crippen molar-refractivity contribution >= 4 is 46.4 Å². The van der Waals surface area contributed by atoms with Gasteiger partial charge in [0.1, 0.15) is 0 Å². The maximum Gasteiger partial charge on any atom is 0.0684 e. The maximum absolute atomic E-state index is 9.50. The molecule has 1 aromatic carbocycles. The third-order valence-electron chi connectivity index (χ3n) is 3.54. The minimum atomic E-state index is 0.00629. The van der Waals surface area contributed by atoms with Gasteiger partial charge in [0, 0.05) is 23.5 Å². The fourth-order valence-corrected chi connectivity index (χ4v) is 3.48. The Morgan fingerprint density at radius 1 is 0.900 bits per heavy atom. The SMILES string of the molecule is OCc1ccc(C(CCl)CCCl)cc1C(CCl)CCCl. The van der Waals surface area contributed by atoms with Crippen LogP contribution in [0.15, 0.2) is 18.2 Å². The molecule has 0 aliphatic rings. The molecule has 2 atom stereocenters. The van der Waals surface area contributed by atoms with E-state index in [2.05, 4.69) is 6.07 Å². The van der Waals surface area contributed by atoms with Crippen LogP contribution in [0.2, 0.25) is 0 Å². The lowest BCUT2D eigenvalue weighted by Gasteiger charge is -2.20. The van der Waals surface area contributed by atoms with Crippen molar-refractivity contribution in [3.8, 4) is 0 Å². The Hall–Kier alpha value is 0.340. The first-order valence-electron chi connectivity index (χ1n) is 6.69. The number of rotatable bonds is 9. The molecule has 0 amide bonds. The second-order valence-corrected chi connectivity index (χ2v) is 6.15. The van der Waals surface area contributed by atoms with Crippen LogP contribution in [0, 0.1) is 0 Å². The highest BCUT2D eigenvalue weighted by atomic mass is 35.5. The van der Waals surface area contributed by atoms with Crippen LogP contribution in [-0.2, 0) is 6.61 Å². The van der Waals surface area contributed by atoms with E-state index in [0.717, 1.165) is 29.5 Å². The van der Waals surface area contributed by atoms with Crippen LogP contribution in [0.1, 0.15) is 41.4 Å². The van der Waals surface area contributed by atoms with Crippen molar-refractivity contribution in [2.45, 2.75) is 31.3 Å². The molecule has 20 heavy (non-hydrogen) atoms. The van der Waals surface area contributed by atoms with E-state index in [1.165, 1.54) is 0 Å². The summed E-state index contributed by atoms with van der Waals surface area (Å²) in [4.78, 5) is 0. The van der Waals surface area contributed by atoms with E-state index in [0.29, 0.717) is 23.5 Å². The van der Waals surface area contributed by atoms with Gasteiger partial charge in [0.05, 0.1) is 6.61 Å². The number of halogens is 4. The molecule has 1 N–H and O–H groups in total. The summed E-state index contributed by atoms with van der Waals surface area (Å²) in [5.74, 6) is 2.54. The van der Waals surface area contributed by atoms with E-state index in [-0.39, 0.29) is 18.4 Å². The van der Waals surface area contributed by atoms with Crippen LogP contribution >= 0.6 is 46.4 Å². The molecule has 0 fully saturated rings. The van der Waals surface area contributed by atoms with Crippen LogP contribution in [0.25, 0.3) is 0 Å². The van der Waals surface area contributed by atoms with Gasteiger partial charge in [0.25, 0.3) is 0 Å². The predicted octanol–water partition coefficient (Wildman–Crippen LogP) is 5.08. The topological polar surface area (TPSA) is 20.2 Å². The molecule has 0 spiro atoms. The van der Waals surface area contributed by atoms with Crippen LogP contribution in [0.3, 0.4) is 0 Å². The third-order valence-corrected chi connectivity index (χ3v) is 4.72. The zero-order valence-electron chi connectivity index (χ0n) is 11.3. The Balaban J connectivity index is 3.12. The summed E-state index contributed by atoms with van der Waals surface area (Å²) in [5, 5.41) is 9.50. The summed E-state index contributed by atoms with van der Waals surface area (Å²) in [7, 11) is 0. The molecule has 0 heterocycles. The van der Waals surface area contributed by atoms with Crippen LogP contribution < -0.4 is 0 Å². The minimum absolute atomic E-state index is 0.00629. The highest BCUT2D eigenvalue weighted by Crippen LogP contribution is 2.30. The second-order valence-electron chi connectivity index (χ2n) is 4.77. The lowest BCUT2D eigenvalue weighted by atomic mass is 9.88. The van der Waals surface area contributed by atoms with Crippen molar-refractivity contribution in [3.63, 3.8) is 0 Å². The van der Waals surface area contributed by atoms with Crippen molar-refractivity contribution < 1.29 is 5.11 Å². The van der Waals surface area contributed by atoms with Gasteiger partial charge in [-0.2, -0.15) is 0 Å². The monoisotopic (exact) mass is 356 g/mol. The van der Waals surface area contributed by atoms with E-state index in [1.54, 1.807) is 0 Å². The van der Waals surface area contributed by atoms with Gasteiger partial charge in [-0.25, -0.2) is 0 Å². The van der Waals surface area contributed by atoms with Gasteiger partial charge in [-0.1, -0.05) is 18.2 Å². The molecule has 0 saturated carbocycles. The van der Waals surface area contributed by atoms with Gasteiger partial charge in [-0.05, 0) is 41.4 Å². The summed E-state index contributed by atoms with van der Waals surface area (Å²) in [6.45, 7) is 0.00629. The predicted molar refractivity (Wildman–Crippen MR) is 90.0 cm³/mol. The van der Waals surface area contributed by atoms with Crippen LogP contribution in [0.4, 0.5) is 0 Å². The Bertz CT molecular complexity index is 397. The molecule has 0 saturated heterocycles. The average molecular weight is 358 g/mol. The first-order valence-corrected chi connectivity index (χ1v) is 8.83. The van der Waals surface area contributed by atoms with E-state index < -0.39 is 0 Å². The summed E-state index contributed by atoms with van der Waals surface area (Å²) >= 11 is 23.7. The number of aliphatic hydroxyl groups is 1. The van der Waals surface area contributed by atoms with Crippen LogP contribution in [-0.4, -0.2) is 28.6 Å². The molecule has 1 aromatic rings. The number of hydrogen-bond acceptors (Lipinski definition) is 1. The maximum atomic E-state index is 9.50. The largest absolute Gasteiger partial charge is 0.392 e. The molecule has 0 aromatic heterocycles. The standard InChI is InChI=1S/C15H20Cl4O/c16-5-3-12(8-18)11-1-2-14(10-20)15(7-11)13(9-19)4-6-17/h1-2,7,12-13,20H,3-6,8-10H2. The Morgan fingerprint density at radius 2 is 1.50 bits per heavy atom. The van der Waals surface area contributed by atoms with Crippen molar-refractivity contribution in [3.05, 3.63) is 34.9 Å². The molecule has 0 bridgehead atoms. The second kappa shape index (κ2) is 10.1. The Kier molecular flexibility index (Phi) is 9.31. The highest BCUT2D eigenvalue weighted by molar-refractivity contribution is 6.19. The number of alkyl halides is 4. The highest BCUT2D eigenvalue weighted by Gasteiger charge is 2.17. The number of benzene rings is 1. The van der Waals surface area contributed by atoms with E-state index in [4.69, 9.17) is 46.4 Å². The molecule has 1 rings (SSSR count). The number of aliphatic hydroxyl groups excluding tert-OH is 1. The van der Waals surface area contributed by atoms with Gasteiger partial charge in [-0.3, -0.25) is 0 Å². The van der Waals surface area contributed by atoms with Crippen LogP contribution in [0.5, 0.6) is 0 Å². The van der Waals surface area contributed by atoms with Gasteiger partial charge in [0.15, 0.2) is 0 Å². The zero-order valence-corrected chi connectivity index (χ0v) is 14.3. The van der Waals surface area contributed by atoms with Crippen molar-refractivity contribution in [2.24, 2.45) is 0 Å². The quantitative estimate of drug-likeness (QED) is 0.611. The molecule has 114 valence electrons. The molecular weight excluding hydrogens is 338 g/mol. The minimum Gasteiger partial charge on any atom is -0.392 e. The number of hydrogen-bond donors (Lipinski definition) is 1. The molecular formula is C15H20Cl4O. The van der Waals surface area contributed by atoms with E-state index in [1.807, 2.05) is 12.1 Å². The normalized spacial score (nSPS) is 14.2. The van der Waals surface area contributed by atoms with Gasteiger partial charge < -0.3 is 5.11 Å². The first kappa shape index (κ1) is 18.4. The molecule has 2 unspecified atom stereocenters. The van der Waals surface area contributed by atoms with Gasteiger partial charge in [-0.15, -0.1) is 46.4 Å². The third kappa shape index (κ3) is 4.96. The lowest BCUT2D eigenvalue weighted by Crippen LogP contribution is -2.09. The Morgan fingerprint density at radius 3 is 2.00 bits per heavy atom. The summed E-state index contributed by atoms with van der Waals surface area (Å²) < 4.78 is 0. The zero-order chi connectivity index (χ0) is 15.0. The first-order chi connectivity index (χ1) is 9.71. The molecule has 5 heteroatoms. The Labute approximate surface area is 141 Å². The van der Waals surface area contributed by atoms with Crippen molar-refractivity contribution in [1.82, 2.24) is 0 Å². The fourth-order valence-electron chi connectivity index (χ4n) is 2.30. The molecule has 0 aliphatic heterocycles. The van der Waals surface area contributed by atoms with Crippen molar-refractivity contribution in [1.29, 1.82) is 0 Å². The van der Waals surface area contributed by atoms with E-state index >= 15 is 0 Å². The smallest absolute Gasteiger partial charge is 0.0684 e. The average Bonchev–Trinajstić information content (AvgIpc) is 2.49. The summed E-state index contributed by atoms with van der Waals surface area (Å²) in [6.07, 6.45) is 1.63. The molecule has 0 radical (unpaired) electrons. The van der Waals surface area contributed by atoms with E-state index in [9.17, 15) is 5.11 Å². The molecule has 0 aliphatic carbocycles. The fraction of sp³-hybridized carbons (Fsp3) is 0.600. The van der Waals surface area contributed by atoms with Gasteiger partial charge in [0.2, 0.25) is 0 Å². The lowest BCUT2D eigenvalue weighted by molar-refractivity contribution is 0.280. The van der Waals surface area contributed by atoms with Gasteiger partial charge >= 0.3 is 0 Å². The molecule has 1 nitrogen and oxygen atoms in total. The van der Waals surface area contributed by atoms with Crippen molar-refractivity contribution in [2.75, 3.05) is 23.5 Å². The summed E-state index contributed by atoms with van der Waals surface area (Å²) in [6, 6.07) is 6.07.